The lowest BCUT2D eigenvalue weighted by atomic mass is 9.90. The number of aromatic nitrogens is 2. The fourth-order valence-corrected chi connectivity index (χ4v) is 4.15. The van der Waals surface area contributed by atoms with E-state index < -0.39 is 5.60 Å². The molecule has 1 atom stereocenters. The normalized spacial score (nSPS) is 20.2. The van der Waals surface area contributed by atoms with Gasteiger partial charge in [0.2, 0.25) is 5.91 Å². The van der Waals surface area contributed by atoms with E-state index in [-0.39, 0.29) is 18.0 Å². The molecule has 0 saturated carbocycles. The third-order valence-corrected chi connectivity index (χ3v) is 6.19. The van der Waals surface area contributed by atoms with Gasteiger partial charge in [0, 0.05) is 50.5 Å². The van der Waals surface area contributed by atoms with Crippen LogP contribution in [0.2, 0.25) is 0 Å². The number of aryl methyl sites for hydroxylation is 2. The van der Waals surface area contributed by atoms with E-state index in [0.29, 0.717) is 32.5 Å². The van der Waals surface area contributed by atoms with Gasteiger partial charge in [0.05, 0.1) is 12.2 Å². The van der Waals surface area contributed by atoms with Crippen molar-refractivity contribution in [3.63, 3.8) is 0 Å². The lowest BCUT2D eigenvalue weighted by Gasteiger charge is -2.37. The zero-order valence-corrected chi connectivity index (χ0v) is 17.0. The lowest BCUT2D eigenvalue weighted by molar-refractivity contribution is -0.134. The maximum Gasteiger partial charge on any atom is 0.410 e. The van der Waals surface area contributed by atoms with E-state index in [4.69, 9.17) is 4.74 Å². The fraction of sp³-hybridized carbons (Fsp3) is 0.750. The molecule has 7 heteroatoms. The van der Waals surface area contributed by atoms with Gasteiger partial charge in [-0.1, -0.05) is 13.3 Å². The number of nitrogens with one attached hydrogen (secondary N) is 1. The van der Waals surface area contributed by atoms with E-state index in [1.807, 2.05) is 23.6 Å². The van der Waals surface area contributed by atoms with Crippen molar-refractivity contribution in [3.05, 3.63) is 17.0 Å². The molecule has 7 nitrogen and oxygen atoms in total. The zero-order valence-electron chi connectivity index (χ0n) is 17.0. The summed E-state index contributed by atoms with van der Waals surface area (Å²) in [6, 6.07) is 0.210. The Hall–Kier alpha value is -2.05. The molecule has 2 saturated heterocycles. The number of nitrogens with zero attached hydrogens (tertiary/aromatic N) is 3. The SMILES string of the molecule is CCCC(C)N1CC2(CCN(C(=O)CCc3n[nH]c(C)c3C)CC2)OC1=O. The van der Waals surface area contributed by atoms with Crippen LogP contribution in [-0.4, -0.2) is 63.3 Å². The van der Waals surface area contributed by atoms with Crippen molar-refractivity contribution in [2.75, 3.05) is 19.6 Å². The molecular weight excluding hydrogens is 344 g/mol. The second-order valence-corrected chi connectivity index (χ2v) is 8.12. The van der Waals surface area contributed by atoms with Crippen molar-refractivity contribution >= 4 is 12.0 Å². The number of carbonyl (C=O) groups excluding carboxylic acids is 2. The van der Waals surface area contributed by atoms with Gasteiger partial charge in [0.15, 0.2) is 0 Å². The van der Waals surface area contributed by atoms with Crippen LogP contribution < -0.4 is 0 Å². The first-order valence-electron chi connectivity index (χ1n) is 10.1. The van der Waals surface area contributed by atoms with Gasteiger partial charge in [0.25, 0.3) is 0 Å². The summed E-state index contributed by atoms with van der Waals surface area (Å²) in [7, 11) is 0. The third-order valence-electron chi connectivity index (χ3n) is 6.19. The van der Waals surface area contributed by atoms with E-state index in [1.54, 1.807) is 0 Å². The fourth-order valence-electron chi connectivity index (χ4n) is 4.15. The monoisotopic (exact) mass is 376 g/mol. The minimum atomic E-state index is -0.411. The second-order valence-electron chi connectivity index (χ2n) is 8.12. The highest BCUT2D eigenvalue weighted by molar-refractivity contribution is 5.77. The summed E-state index contributed by atoms with van der Waals surface area (Å²) in [5.74, 6) is 0.158. The molecule has 2 aliphatic rings. The summed E-state index contributed by atoms with van der Waals surface area (Å²) in [6.07, 6.45) is 4.42. The van der Waals surface area contributed by atoms with Crippen LogP contribution in [0.4, 0.5) is 4.79 Å². The molecule has 0 bridgehead atoms. The Balaban J connectivity index is 1.50. The van der Waals surface area contributed by atoms with E-state index in [0.717, 1.165) is 42.6 Å². The molecule has 2 amide bonds. The van der Waals surface area contributed by atoms with E-state index in [9.17, 15) is 9.59 Å². The molecule has 1 unspecified atom stereocenters. The zero-order chi connectivity index (χ0) is 19.6. The summed E-state index contributed by atoms with van der Waals surface area (Å²) < 4.78 is 5.78. The Morgan fingerprint density at radius 2 is 2.04 bits per heavy atom. The average Bonchev–Trinajstić information content (AvgIpc) is 3.14. The Bertz CT molecular complexity index is 691. The second kappa shape index (κ2) is 7.90. The first kappa shape index (κ1) is 19.7. The van der Waals surface area contributed by atoms with Crippen LogP contribution >= 0.6 is 0 Å². The summed E-state index contributed by atoms with van der Waals surface area (Å²) in [5.41, 5.74) is 2.76. The highest BCUT2D eigenvalue weighted by Crippen LogP contribution is 2.35. The topological polar surface area (TPSA) is 78.5 Å². The number of hydrogen-bond donors (Lipinski definition) is 1. The number of H-pyrrole nitrogens is 1. The van der Waals surface area contributed by atoms with Gasteiger partial charge in [-0.15, -0.1) is 0 Å². The van der Waals surface area contributed by atoms with Crippen LogP contribution in [0, 0.1) is 13.8 Å². The van der Waals surface area contributed by atoms with Crippen molar-refractivity contribution < 1.29 is 14.3 Å². The number of likely N-dealkylation sites (tertiary alicyclic amines) is 1. The maximum atomic E-state index is 12.6. The number of rotatable bonds is 6. The van der Waals surface area contributed by atoms with Crippen molar-refractivity contribution in [3.8, 4) is 0 Å². The number of piperidine rings is 1. The van der Waals surface area contributed by atoms with Gasteiger partial charge in [0.1, 0.15) is 5.60 Å². The van der Waals surface area contributed by atoms with Crippen LogP contribution in [0.1, 0.15) is 62.9 Å². The predicted molar refractivity (Wildman–Crippen MR) is 102 cm³/mol. The molecular formula is C20H32N4O3. The van der Waals surface area contributed by atoms with Gasteiger partial charge in [-0.3, -0.25) is 9.89 Å². The quantitative estimate of drug-likeness (QED) is 0.828. The summed E-state index contributed by atoms with van der Waals surface area (Å²) in [5, 5.41) is 7.25. The highest BCUT2D eigenvalue weighted by atomic mass is 16.6. The van der Waals surface area contributed by atoms with Gasteiger partial charge >= 0.3 is 6.09 Å². The highest BCUT2D eigenvalue weighted by Gasteiger charge is 2.48. The number of carbonyl (C=O) groups is 2. The van der Waals surface area contributed by atoms with Crippen LogP contribution in [0.5, 0.6) is 0 Å². The smallest absolute Gasteiger partial charge is 0.410 e. The summed E-state index contributed by atoms with van der Waals surface area (Å²) in [6.45, 7) is 10.2. The van der Waals surface area contributed by atoms with Gasteiger partial charge in [-0.25, -0.2) is 4.79 Å². The Morgan fingerprint density at radius 1 is 1.33 bits per heavy atom. The first-order chi connectivity index (χ1) is 12.8. The van der Waals surface area contributed by atoms with Gasteiger partial charge in [-0.05, 0) is 32.8 Å². The molecule has 0 aromatic carbocycles. The third kappa shape index (κ3) is 4.12. The Morgan fingerprint density at radius 3 is 2.63 bits per heavy atom. The van der Waals surface area contributed by atoms with Crippen molar-refractivity contribution in [2.45, 2.75) is 77.9 Å². The molecule has 150 valence electrons. The van der Waals surface area contributed by atoms with Gasteiger partial charge < -0.3 is 14.5 Å². The van der Waals surface area contributed by atoms with E-state index >= 15 is 0 Å². The Kier molecular flexibility index (Phi) is 5.77. The molecule has 0 radical (unpaired) electrons. The minimum Gasteiger partial charge on any atom is -0.441 e. The van der Waals surface area contributed by atoms with Crippen LogP contribution in [0.3, 0.4) is 0 Å². The maximum absolute atomic E-state index is 12.6. The molecule has 0 aliphatic carbocycles. The lowest BCUT2D eigenvalue weighted by Crippen LogP contribution is -2.49. The number of ether oxygens (including phenoxy) is 1. The summed E-state index contributed by atoms with van der Waals surface area (Å²) in [4.78, 5) is 28.6. The number of amides is 2. The Labute approximate surface area is 161 Å². The van der Waals surface area contributed by atoms with Crippen molar-refractivity contribution in [2.24, 2.45) is 0 Å². The minimum absolute atomic E-state index is 0.158. The predicted octanol–water partition coefficient (Wildman–Crippen LogP) is 2.96. The molecule has 27 heavy (non-hydrogen) atoms. The molecule has 1 aromatic rings. The first-order valence-corrected chi connectivity index (χ1v) is 10.1. The summed E-state index contributed by atoms with van der Waals surface area (Å²) >= 11 is 0. The van der Waals surface area contributed by atoms with Crippen LogP contribution in [0.25, 0.3) is 0 Å². The number of aromatic amines is 1. The van der Waals surface area contributed by atoms with Crippen molar-refractivity contribution in [1.29, 1.82) is 0 Å². The molecule has 1 aromatic heterocycles. The van der Waals surface area contributed by atoms with E-state index in [2.05, 4.69) is 24.0 Å². The van der Waals surface area contributed by atoms with Gasteiger partial charge in [-0.2, -0.15) is 5.10 Å². The molecule has 3 rings (SSSR count). The molecule has 2 aliphatic heterocycles. The molecule has 2 fully saturated rings. The van der Waals surface area contributed by atoms with Crippen LogP contribution in [-0.2, 0) is 16.0 Å². The largest absolute Gasteiger partial charge is 0.441 e. The average molecular weight is 377 g/mol. The molecule has 1 N–H and O–H groups in total. The standard InChI is InChI=1S/C20H32N4O3/c1-5-6-14(2)24-13-20(27-19(24)26)9-11-23(12-10-20)18(25)8-7-17-15(3)16(4)21-22-17/h14H,5-13H2,1-4H3,(H,21,22). The molecule has 1 spiro atoms. The van der Waals surface area contributed by atoms with E-state index in [1.165, 1.54) is 0 Å². The van der Waals surface area contributed by atoms with Crippen LogP contribution in [0.15, 0.2) is 0 Å². The molecule has 3 heterocycles. The van der Waals surface area contributed by atoms with Crippen molar-refractivity contribution in [1.82, 2.24) is 20.0 Å². The number of hydrogen-bond acceptors (Lipinski definition) is 4.